The van der Waals surface area contributed by atoms with Crippen molar-refractivity contribution in [1.82, 2.24) is 5.32 Å². The minimum atomic E-state index is -4.30. The Balaban J connectivity index is 4.35. The zero-order valence-electron chi connectivity index (χ0n) is 34.6. The monoisotopic (exact) mass is 748 g/mol. The second kappa shape index (κ2) is 35.2. The van der Waals surface area contributed by atoms with Crippen LogP contribution in [0.3, 0.4) is 0 Å². The minimum absolute atomic E-state index is 0.0785. The summed E-state index contributed by atoms with van der Waals surface area (Å²) in [5.74, 6) is -0.142. The van der Waals surface area contributed by atoms with Crippen molar-refractivity contribution in [3.05, 3.63) is 0 Å². The number of nitrogens with zero attached hydrogens (tertiary/aromatic N) is 1. The van der Waals surface area contributed by atoms with Gasteiger partial charge in [-0.25, -0.2) is 4.57 Å². The smallest absolute Gasteiger partial charge is 0.391 e. The highest BCUT2D eigenvalue weighted by atomic mass is 31.2. The van der Waals surface area contributed by atoms with Crippen LogP contribution in [-0.4, -0.2) is 73.4 Å². The Labute approximate surface area is 317 Å². The summed E-state index contributed by atoms with van der Waals surface area (Å²) in [6.45, 7) is 4.90. The molecule has 3 N–H and O–H groups in total. The first kappa shape index (κ1) is 50.5. The number of unbranched alkanes of at least 4 members (excludes halogenated alkanes) is 27. The Bertz CT molecular complexity index is 809. The molecule has 1 amide bonds. The Morgan fingerprint density at radius 2 is 0.941 bits per heavy atom. The Morgan fingerprint density at radius 3 is 1.31 bits per heavy atom. The molecule has 0 aromatic rings. The van der Waals surface area contributed by atoms with Crippen molar-refractivity contribution >= 4 is 13.7 Å². The van der Waals surface area contributed by atoms with Crippen LogP contribution in [0.1, 0.15) is 213 Å². The molecule has 8 nitrogen and oxygen atoms in total. The van der Waals surface area contributed by atoms with Gasteiger partial charge < -0.3 is 19.8 Å². The third kappa shape index (κ3) is 37.6. The molecule has 0 radical (unpaired) electrons. The molecule has 0 bridgehead atoms. The van der Waals surface area contributed by atoms with E-state index in [1.54, 1.807) is 0 Å². The van der Waals surface area contributed by atoms with Gasteiger partial charge in [0.25, 0.3) is 0 Å². The maximum atomic E-state index is 12.9. The highest BCUT2D eigenvalue weighted by Gasteiger charge is 2.28. The summed E-state index contributed by atoms with van der Waals surface area (Å²) in [5, 5.41) is 13.9. The molecule has 306 valence electrons. The number of phosphoric acid groups is 1. The standard InChI is InChI=1S/C42H87N2O6P/c1-6-8-10-12-14-16-18-20-22-24-26-28-30-32-34-36-42(46)43-40(39-50-51(47,48)49-38-37-44(3,4)5)41(45)35-33-31-29-27-25-23-21-19-17-15-13-11-9-7-2/h40-41,45H,6-39H2,1-5H3,(H-,43,46,47,48)/p+1. The predicted molar refractivity (Wildman–Crippen MR) is 217 cm³/mol. The molecule has 9 heteroatoms. The molecule has 0 aliphatic carbocycles. The molecule has 0 rings (SSSR count). The molecule has 0 aliphatic rings. The molecule has 0 aromatic carbocycles. The summed E-state index contributed by atoms with van der Waals surface area (Å²) in [6.07, 6.45) is 36.9. The van der Waals surface area contributed by atoms with Gasteiger partial charge in [-0.1, -0.05) is 194 Å². The quantitative estimate of drug-likeness (QED) is 0.0327. The molecule has 0 saturated carbocycles. The molecule has 3 unspecified atom stereocenters. The number of rotatable bonds is 40. The van der Waals surface area contributed by atoms with Gasteiger partial charge in [0, 0.05) is 6.42 Å². The van der Waals surface area contributed by atoms with Crippen molar-refractivity contribution < 1.29 is 32.9 Å². The summed E-state index contributed by atoms with van der Waals surface area (Å²) in [6, 6.07) is -0.752. The lowest BCUT2D eigenvalue weighted by molar-refractivity contribution is -0.870. The molecule has 51 heavy (non-hydrogen) atoms. The number of aliphatic hydroxyl groups excluding tert-OH is 1. The van der Waals surface area contributed by atoms with Crippen molar-refractivity contribution in [3.63, 3.8) is 0 Å². The number of hydrogen-bond acceptors (Lipinski definition) is 5. The van der Waals surface area contributed by atoms with Crippen LogP contribution in [0.25, 0.3) is 0 Å². The summed E-state index contributed by atoms with van der Waals surface area (Å²) in [5.41, 5.74) is 0. The van der Waals surface area contributed by atoms with E-state index in [4.69, 9.17) is 9.05 Å². The van der Waals surface area contributed by atoms with Crippen molar-refractivity contribution in [2.75, 3.05) is 40.9 Å². The second-order valence-corrected chi connectivity index (χ2v) is 17.9. The van der Waals surface area contributed by atoms with Crippen molar-refractivity contribution in [3.8, 4) is 0 Å². The maximum absolute atomic E-state index is 12.9. The Kier molecular flexibility index (Phi) is 34.9. The lowest BCUT2D eigenvalue weighted by Crippen LogP contribution is -2.46. The first-order valence-corrected chi connectivity index (χ1v) is 23.4. The van der Waals surface area contributed by atoms with Crippen molar-refractivity contribution in [2.45, 2.75) is 225 Å². The van der Waals surface area contributed by atoms with E-state index in [0.29, 0.717) is 23.9 Å². The largest absolute Gasteiger partial charge is 0.472 e. The van der Waals surface area contributed by atoms with Crippen LogP contribution < -0.4 is 5.32 Å². The first-order valence-electron chi connectivity index (χ1n) is 21.9. The van der Waals surface area contributed by atoms with Gasteiger partial charge in [-0.3, -0.25) is 13.8 Å². The molecule has 0 aliphatic heterocycles. The van der Waals surface area contributed by atoms with Crippen LogP contribution in [0.5, 0.6) is 0 Å². The van der Waals surface area contributed by atoms with E-state index in [9.17, 15) is 19.4 Å². The molecular formula is C42H88N2O6P+. The number of carbonyl (C=O) groups is 1. The molecule has 3 atom stereocenters. The van der Waals surface area contributed by atoms with E-state index in [1.807, 2.05) is 21.1 Å². The Morgan fingerprint density at radius 1 is 0.588 bits per heavy atom. The average Bonchev–Trinajstić information content (AvgIpc) is 3.07. The summed E-state index contributed by atoms with van der Waals surface area (Å²) in [7, 11) is 1.63. The van der Waals surface area contributed by atoms with Crippen LogP contribution in [0.15, 0.2) is 0 Å². The SMILES string of the molecule is CCCCCCCCCCCCCCCCCC(=O)NC(COP(=O)(O)OCC[N+](C)(C)C)C(O)CCCCCCCCCCCCCCCC. The van der Waals surface area contributed by atoms with Gasteiger partial charge in [-0.15, -0.1) is 0 Å². The topological polar surface area (TPSA) is 105 Å². The molecule has 0 heterocycles. The Hall–Kier alpha value is -0.500. The number of nitrogens with one attached hydrogen (secondary N) is 1. The van der Waals surface area contributed by atoms with Gasteiger partial charge in [-0.05, 0) is 12.8 Å². The minimum Gasteiger partial charge on any atom is -0.391 e. The lowest BCUT2D eigenvalue weighted by Gasteiger charge is -2.26. The van der Waals surface area contributed by atoms with Gasteiger partial charge in [0.05, 0.1) is 39.9 Å². The first-order chi connectivity index (χ1) is 24.5. The van der Waals surface area contributed by atoms with E-state index < -0.39 is 20.0 Å². The van der Waals surface area contributed by atoms with Crippen LogP contribution >= 0.6 is 7.82 Å². The van der Waals surface area contributed by atoms with E-state index in [0.717, 1.165) is 38.5 Å². The number of phosphoric ester groups is 1. The maximum Gasteiger partial charge on any atom is 0.472 e. The molecule has 0 saturated heterocycles. The molecule has 0 spiro atoms. The van der Waals surface area contributed by atoms with Gasteiger partial charge >= 0.3 is 7.82 Å². The molecular weight excluding hydrogens is 659 g/mol. The van der Waals surface area contributed by atoms with Crippen LogP contribution in [0.4, 0.5) is 0 Å². The third-order valence-corrected chi connectivity index (χ3v) is 11.1. The third-order valence-electron chi connectivity index (χ3n) is 10.1. The van der Waals surface area contributed by atoms with E-state index in [-0.39, 0.29) is 19.1 Å². The van der Waals surface area contributed by atoms with Gasteiger partial charge in [-0.2, -0.15) is 0 Å². The van der Waals surface area contributed by atoms with Crippen molar-refractivity contribution in [1.29, 1.82) is 0 Å². The van der Waals surface area contributed by atoms with Crippen molar-refractivity contribution in [2.24, 2.45) is 0 Å². The van der Waals surface area contributed by atoms with Gasteiger partial charge in [0.2, 0.25) is 5.91 Å². The van der Waals surface area contributed by atoms with Crippen LogP contribution in [0.2, 0.25) is 0 Å². The number of hydrogen-bond donors (Lipinski definition) is 3. The summed E-state index contributed by atoms with van der Waals surface area (Å²) in [4.78, 5) is 23.1. The van der Waals surface area contributed by atoms with Gasteiger partial charge in [0.15, 0.2) is 0 Å². The number of likely N-dealkylation sites (N-methyl/N-ethyl adjacent to an activating group) is 1. The number of aliphatic hydroxyl groups is 1. The summed E-state index contributed by atoms with van der Waals surface area (Å²) < 4.78 is 23.6. The van der Waals surface area contributed by atoms with Crippen LogP contribution in [-0.2, 0) is 18.4 Å². The summed E-state index contributed by atoms with van der Waals surface area (Å²) >= 11 is 0. The number of carbonyl (C=O) groups excluding carboxylic acids is 1. The second-order valence-electron chi connectivity index (χ2n) is 16.4. The lowest BCUT2D eigenvalue weighted by atomic mass is 10.0. The number of quaternary nitrogens is 1. The van der Waals surface area contributed by atoms with E-state index >= 15 is 0 Å². The van der Waals surface area contributed by atoms with E-state index in [1.165, 1.54) is 148 Å². The van der Waals surface area contributed by atoms with E-state index in [2.05, 4.69) is 19.2 Å². The predicted octanol–water partition coefficient (Wildman–Crippen LogP) is 11.8. The molecule has 0 fully saturated rings. The fourth-order valence-electron chi connectivity index (χ4n) is 6.58. The average molecular weight is 748 g/mol. The number of amides is 1. The normalized spacial score (nSPS) is 14.4. The molecule has 0 aromatic heterocycles. The fourth-order valence-corrected chi connectivity index (χ4v) is 7.31. The highest BCUT2D eigenvalue weighted by molar-refractivity contribution is 7.47. The van der Waals surface area contributed by atoms with Crippen LogP contribution in [0, 0.1) is 0 Å². The van der Waals surface area contributed by atoms with Gasteiger partial charge in [0.1, 0.15) is 13.2 Å². The fraction of sp³-hybridized carbons (Fsp3) is 0.976. The zero-order valence-corrected chi connectivity index (χ0v) is 35.5. The highest BCUT2D eigenvalue weighted by Crippen LogP contribution is 2.43. The zero-order chi connectivity index (χ0) is 37.9.